The Hall–Kier alpha value is -3.12. The van der Waals surface area contributed by atoms with E-state index >= 15 is 0 Å². The molecule has 0 aliphatic rings. The largest absolute Gasteiger partial charge is 0.265 e. The van der Waals surface area contributed by atoms with Crippen molar-refractivity contribution in [1.82, 2.24) is 9.97 Å². The molecule has 0 spiro atoms. The van der Waals surface area contributed by atoms with Crippen molar-refractivity contribution >= 4 is 21.4 Å². The Labute approximate surface area is 192 Å². The Morgan fingerprint density at radius 3 is 1.94 bits per heavy atom. The fourth-order valence-electron chi connectivity index (χ4n) is 2.43. The summed E-state index contributed by atoms with van der Waals surface area (Å²) in [6.07, 6.45) is 5.15. The Kier molecular flexibility index (Phi) is 9.78. The number of aromatic nitrogens is 2. The molecule has 0 fully saturated rings. The third-order valence-electron chi connectivity index (χ3n) is 3.81. The fourth-order valence-corrected chi connectivity index (χ4v) is 3.43. The van der Waals surface area contributed by atoms with Crippen molar-refractivity contribution in [2.75, 3.05) is 5.73 Å². The van der Waals surface area contributed by atoms with E-state index in [-0.39, 0.29) is 4.90 Å². The third-order valence-corrected chi connectivity index (χ3v) is 5.11. The molecule has 6 nitrogen and oxygen atoms in total. The summed E-state index contributed by atoms with van der Waals surface area (Å²) in [5.74, 6) is 0. The maximum absolute atomic E-state index is 12.5. The SMILES string of the molecule is Nc1ccc(S(=O)(=O)[N-]c2ccccc2-c2ccccn2)cc1.[F][Pd+].c1ccncc1. The van der Waals surface area contributed by atoms with Gasteiger partial charge in [0.2, 0.25) is 0 Å². The predicted octanol–water partition coefficient (Wildman–Crippen LogP) is 5.22. The van der Waals surface area contributed by atoms with Crippen LogP contribution in [0.1, 0.15) is 0 Å². The van der Waals surface area contributed by atoms with Crippen LogP contribution in [0.15, 0.2) is 108 Å². The van der Waals surface area contributed by atoms with E-state index in [1.54, 1.807) is 42.9 Å². The summed E-state index contributed by atoms with van der Waals surface area (Å²) in [5, 5.41) is 0. The van der Waals surface area contributed by atoms with Gasteiger partial charge in [-0.25, -0.2) is 8.42 Å². The predicted molar refractivity (Wildman–Crippen MR) is 116 cm³/mol. The van der Waals surface area contributed by atoms with Crippen molar-refractivity contribution in [3.8, 4) is 11.3 Å². The van der Waals surface area contributed by atoms with Crippen LogP contribution in [-0.2, 0) is 29.7 Å². The molecule has 0 bridgehead atoms. The van der Waals surface area contributed by atoms with Gasteiger partial charge in [-0.05, 0) is 54.1 Å². The molecule has 0 atom stereocenters. The quantitative estimate of drug-likeness (QED) is 0.289. The van der Waals surface area contributed by atoms with E-state index in [9.17, 15) is 11.6 Å². The summed E-state index contributed by atoms with van der Waals surface area (Å²) in [7, 11) is -3.82. The van der Waals surface area contributed by atoms with Crippen molar-refractivity contribution in [2.24, 2.45) is 0 Å². The molecule has 162 valence electrons. The molecule has 0 amide bonds. The van der Waals surface area contributed by atoms with Crippen LogP contribution < -0.4 is 5.73 Å². The number of anilines is 1. The van der Waals surface area contributed by atoms with Crippen LogP contribution in [-0.4, -0.2) is 18.4 Å². The first-order valence-corrected chi connectivity index (χ1v) is 10.9. The van der Waals surface area contributed by atoms with E-state index in [0.29, 0.717) is 22.6 Å². The van der Waals surface area contributed by atoms with Crippen molar-refractivity contribution in [2.45, 2.75) is 4.90 Å². The molecule has 31 heavy (non-hydrogen) atoms. The van der Waals surface area contributed by atoms with Crippen molar-refractivity contribution in [3.63, 3.8) is 0 Å². The van der Waals surface area contributed by atoms with E-state index in [1.807, 2.05) is 36.4 Å². The standard InChI is InChI=1S/C17H14N3O2S.C5H5N.FH.Pd/c18-13-8-10-14(11-9-13)23(21,22)20-17-7-2-1-5-15(17)16-6-3-4-12-19-16;1-2-4-6-5-3-1;;/h1-12H,18H2;1-5H;1H;/q-1;;;+2/p-1. The number of rotatable bonds is 4. The van der Waals surface area contributed by atoms with Crippen molar-refractivity contribution in [3.05, 3.63) is 108 Å². The first-order chi connectivity index (χ1) is 15.1. The summed E-state index contributed by atoms with van der Waals surface area (Å²) in [5.41, 5.74) is 7.76. The molecule has 2 N–H and O–H groups in total. The minimum atomic E-state index is -3.82. The maximum atomic E-state index is 12.5. The molecule has 2 heterocycles. The molecule has 0 aliphatic heterocycles. The number of benzene rings is 2. The van der Waals surface area contributed by atoms with Gasteiger partial charge in [0.15, 0.2) is 0 Å². The van der Waals surface area contributed by atoms with Crippen LogP contribution in [0, 0.1) is 0 Å². The molecule has 0 saturated carbocycles. The Bertz CT molecular complexity index is 1120. The van der Waals surface area contributed by atoms with E-state index in [2.05, 4.69) is 14.7 Å². The smallest absolute Gasteiger partial charge is 0.0267 e. The van der Waals surface area contributed by atoms with Gasteiger partial charge in [-0.2, -0.15) is 0 Å². The average molecular weight is 529 g/mol. The second kappa shape index (κ2) is 12.5. The van der Waals surface area contributed by atoms with Gasteiger partial charge in [0.05, 0.1) is 10.6 Å². The van der Waals surface area contributed by atoms with Gasteiger partial charge >= 0.3 is 22.9 Å². The molecule has 0 aliphatic carbocycles. The number of hydrogen-bond acceptors (Lipinski definition) is 5. The van der Waals surface area contributed by atoms with Gasteiger partial charge in [-0.15, -0.1) is 5.69 Å². The number of halogens is 1. The minimum absolute atomic E-state index is 0.0996. The molecule has 0 saturated heterocycles. The summed E-state index contributed by atoms with van der Waals surface area (Å²) < 4.78 is 38.2. The molecule has 2 aromatic heterocycles. The van der Waals surface area contributed by atoms with Gasteiger partial charge in [0.25, 0.3) is 0 Å². The molecular formula is C22H19FN4O2PdS. The van der Waals surface area contributed by atoms with E-state index in [1.165, 1.54) is 44.0 Å². The summed E-state index contributed by atoms with van der Waals surface area (Å²) in [6, 6.07) is 24.1. The maximum Gasteiger partial charge on any atom is 0.0267 e. The summed E-state index contributed by atoms with van der Waals surface area (Å²) in [4.78, 5) is 8.14. The minimum Gasteiger partial charge on any atom is -0.265 e. The van der Waals surface area contributed by atoms with Crippen LogP contribution in [0.2, 0.25) is 0 Å². The molecule has 0 radical (unpaired) electrons. The van der Waals surface area contributed by atoms with Crippen LogP contribution in [0.5, 0.6) is 0 Å². The van der Waals surface area contributed by atoms with Gasteiger partial charge in [0, 0.05) is 24.3 Å². The average Bonchev–Trinajstić information content (AvgIpc) is 2.83. The number of nitrogens with two attached hydrogens (primary N) is 1. The number of nitrogen functional groups attached to an aromatic ring is 1. The molecule has 4 aromatic rings. The van der Waals surface area contributed by atoms with Gasteiger partial charge in [0.1, 0.15) is 10.0 Å². The zero-order valence-corrected chi connectivity index (χ0v) is 18.5. The molecule has 9 heteroatoms. The first kappa shape index (κ1) is 24.2. The van der Waals surface area contributed by atoms with Gasteiger partial charge in [-0.3, -0.25) is 9.97 Å². The zero-order chi connectivity index (χ0) is 22.5. The van der Waals surface area contributed by atoms with Crippen LogP contribution in [0.4, 0.5) is 14.6 Å². The van der Waals surface area contributed by atoms with E-state index in [0.717, 1.165) is 0 Å². The second-order valence-electron chi connectivity index (χ2n) is 5.89. The normalized spacial score (nSPS) is 10.0. The summed E-state index contributed by atoms with van der Waals surface area (Å²) in [6.45, 7) is 0. The molecule has 0 unspecified atom stereocenters. The molecular weight excluding hydrogens is 510 g/mol. The van der Waals surface area contributed by atoms with E-state index < -0.39 is 10.0 Å². The van der Waals surface area contributed by atoms with Gasteiger partial charge in [-0.1, -0.05) is 36.4 Å². The third kappa shape index (κ3) is 7.57. The number of pyridine rings is 2. The fraction of sp³-hybridized carbons (Fsp3) is 0. The molecule has 4 rings (SSSR count). The van der Waals surface area contributed by atoms with Crippen LogP contribution >= 0.6 is 0 Å². The van der Waals surface area contributed by atoms with Crippen molar-refractivity contribution < 1.29 is 31.4 Å². The molecule has 2 aromatic carbocycles. The van der Waals surface area contributed by atoms with Crippen molar-refractivity contribution in [1.29, 1.82) is 0 Å². The zero-order valence-electron chi connectivity index (χ0n) is 16.2. The Morgan fingerprint density at radius 1 is 0.774 bits per heavy atom. The van der Waals surface area contributed by atoms with Crippen LogP contribution in [0.25, 0.3) is 16.0 Å². The number of nitrogens with zero attached hydrogens (tertiary/aromatic N) is 3. The van der Waals surface area contributed by atoms with Crippen LogP contribution in [0.3, 0.4) is 0 Å². The number of hydrogen-bond donors (Lipinski definition) is 1. The van der Waals surface area contributed by atoms with E-state index in [4.69, 9.17) is 5.73 Å². The Balaban J connectivity index is 0.000000363. The topological polar surface area (TPSA) is 100 Å². The monoisotopic (exact) mass is 528 g/mol. The second-order valence-corrected chi connectivity index (χ2v) is 7.50. The summed E-state index contributed by atoms with van der Waals surface area (Å²) >= 11 is 1.25. The van der Waals surface area contributed by atoms with Gasteiger partial charge < -0.3 is 10.5 Å². The first-order valence-electron chi connectivity index (χ1n) is 8.87. The Morgan fingerprint density at radius 2 is 1.39 bits per heavy atom. The number of sulfonamides is 1.